The minimum Gasteiger partial charge on any atom is -0.457 e. The lowest BCUT2D eigenvalue weighted by Crippen LogP contribution is -2.03. The van der Waals surface area contributed by atoms with Crippen molar-refractivity contribution in [2.24, 2.45) is 5.73 Å². The SMILES string of the molecule is NCCc1ccccc1Oc1ccc(F)c(F)c1. The molecule has 2 N–H and O–H groups in total. The second-order valence-electron chi connectivity index (χ2n) is 3.82. The molecular weight excluding hydrogens is 236 g/mol. The topological polar surface area (TPSA) is 35.2 Å². The lowest BCUT2D eigenvalue weighted by molar-refractivity contribution is 0.457. The normalized spacial score (nSPS) is 10.4. The minimum absolute atomic E-state index is 0.262. The summed E-state index contributed by atoms with van der Waals surface area (Å²) >= 11 is 0. The quantitative estimate of drug-likeness (QED) is 0.902. The van der Waals surface area contributed by atoms with Gasteiger partial charge in [-0.15, -0.1) is 0 Å². The van der Waals surface area contributed by atoms with Crippen molar-refractivity contribution in [2.75, 3.05) is 6.54 Å². The summed E-state index contributed by atoms with van der Waals surface area (Å²) in [6.07, 6.45) is 0.667. The molecule has 0 bridgehead atoms. The third kappa shape index (κ3) is 2.84. The Hall–Kier alpha value is -1.94. The van der Waals surface area contributed by atoms with Crippen LogP contribution in [0.4, 0.5) is 8.78 Å². The lowest BCUT2D eigenvalue weighted by Gasteiger charge is -2.10. The molecule has 0 aliphatic carbocycles. The first-order valence-corrected chi connectivity index (χ1v) is 5.61. The fraction of sp³-hybridized carbons (Fsp3) is 0.143. The monoisotopic (exact) mass is 249 g/mol. The zero-order valence-corrected chi connectivity index (χ0v) is 9.70. The molecule has 2 rings (SSSR count). The van der Waals surface area contributed by atoms with Crippen molar-refractivity contribution in [1.29, 1.82) is 0 Å². The molecule has 0 atom stereocenters. The van der Waals surface area contributed by atoms with Crippen molar-refractivity contribution < 1.29 is 13.5 Å². The van der Waals surface area contributed by atoms with Crippen molar-refractivity contribution in [3.63, 3.8) is 0 Å². The van der Waals surface area contributed by atoms with Gasteiger partial charge >= 0.3 is 0 Å². The van der Waals surface area contributed by atoms with E-state index in [1.807, 2.05) is 18.2 Å². The van der Waals surface area contributed by atoms with Gasteiger partial charge in [0.25, 0.3) is 0 Å². The Morgan fingerprint density at radius 1 is 1.00 bits per heavy atom. The molecule has 0 heterocycles. The van der Waals surface area contributed by atoms with Gasteiger partial charge in [-0.3, -0.25) is 0 Å². The van der Waals surface area contributed by atoms with Gasteiger partial charge < -0.3 is 10.5 Å². The molecule has 0 amide bonds. The van der Waals surface area contributed by atoms with Crippen LogP contribution in [0, 0.1) is 11.6 Å². The van der Waals surface area contributed by atoms with Crippen LogP contribution in [0.15, 0.2) is 42.5 Å². The highest BCUT2D eigenvalue weighted by Gasteiger charge is 2.07. The summed E-state index contributed by atoms with van der Waals surface area (Å²) < 4.78 is 31.4. The highest BCUT2D eigenvalue weighted by molar-refractivity contribution is 5.38. The molecule has 0 aliphatic rings. The summed E-state index contributed by atoms with van der Waals surface area (Å²) in [6, 6.07) is 10.8. The smallest absolute Gasteiger partial charge is 0.162 e. The molecule has 94 valence electrons. The number of hydrogen-bond acceptors (Lipinski definition) is 2. The average Bonchev–Trinajstić information content (AvgIpc) is 2.37. The first-order valence-electron chi connectivity index (χ1n) is 5.61. The number of hydrogen-bond donors (Lipinski definition) is 1. The molecule has 2 aromatic rings. The molecule has 0 fully saturated rings. The number of benzene rings is 2. The summed E-state index contributed by atoms with van der Waals surface area (Å²) in [7, 11) is 0. The van der Waals surface area contributed by atoms with Crippen molar-refractivity contribution in [1.82, 2.24) is 0 Å². The second-order valence-corrected chi connectivity index (χ2v) is 3.82. The Morgan fingerprint density at radius 3 is 2.50 bits per heavy atom. The molecule has 0 saturated carbocycles. The van der Waals surface area contributed by atoms with Gasteiger partial charge in [0.1, 0.15) is 11.5 Å². The van der Waals surface area contributed by atoms with E-state index in [1.165, 1.54) is 6.07 Å². The van der Waals surface area contributed by atoms with Crippen molar-refractivity contribution >= 4 is 0 Å². The van der Waals surface area contributed by atoms with Crippen LogP contribution in [0.1, 0.15) is 5.56 Å². The zero-order valence-electron chi connectivity index (χ0n) is 9.70. The first-order chi connectivity index (χ1) is 8.70. The van der Waals surface area contributed by atoms with E-state index < -0.39 is 11.6 Å². The molecular formula is C14H13F2NO. The fourth-order valence-corrected chi connectivity index (χ4v) is 1.63. The maximum atomic E-state index is 13.1. The number of ether oxygens (including phenoxy) is 1. The Bertz CT molecular complexity index is 543. The molecule has 0 saturated heterocycles. The van der Waals surface area contributed by atoms with Gasteiger partial charge in [-0.1, -0.05) is 18.2 Å². The summed E-state index contributed by atoms with van der Waals surface area (Å²) in [5.41, 5.74) is 6.44. The van der Waals surface area contributed by atoms with Gasteiger partial charge in [-0.25, -0.2) is 8.78 Å². The van der Waals surface area contributed by atoms with Crippen molar-refractivity contribution in [3.05, 3.63) is 59.7 Å². The van der Waals surface area contributed by atoms with Crippen LogP contribution in [0.25, 0.3) is 0 Å². The Morgan fingerprint density at radius 2 is 1.78 bits per heavy atom. The van der Waals surface area contributed by atoms with E-state index >= 15 is 0 Å². The third-order valence-electron chi connectivity index (χ3n) is 2.51. The van der Waals surface area contributed by atoms with Gasteiger partial charge in [-0.05, 0) is 36.7 Å². The number of nitrogens with two attached hydrogens (primary N) is 1. The predicted molar refractivity (Wildman–Crippen MR) is 65.6 cm³/mol. The van der Waals surface area contributed by atoms with Crippen LogP contribution < -0.4 is 10.5 Å². The molecule has 0 unspecified atom stereocenters. The Labute approximate surface area is 104 Å². The molecule has 0 spiro atoms. The van der Waals surface area contributed by atoms with Crippen LogP contribution in [-0.4, -0.2) is 6.54 Å². The maximum Gasteiger partial charge on any atom is 0.162 e. The Balaban J connectivity index is 2.25. The zero-order chi connectivity index (χ0) is 13.0. The summed E-state index contributed by atoms with van der Waals surface area (Å²) in [5, 5.41) is 0. The second kappa shape index (κ2) is 5.60. The van der Waals surface area contributed by atoms with Gasteiger partial charge in [0.2, 0.25) is 0 Å². The minimum atomic E-state index is -0.927. The molecule has 0 aliphatic heterocycles. The van der Waals surface area contributed by atoms with Gasteiger partial charge in [-0.2, -0.15) is 0 Å². The number of para-hydroxylation sites is 1. The largest absolute Gasteiger partial charge is 0.457 e. The summed E-state index contributed by atoms with van der Waals surface area (Å²) in [4.78, 5) is 0. The predicted octanol–water partition coefficient (Wildman–Crippen LogP) is 3.26. The number of rotatable bonds is 4. The van der Waals surface area contributed by atoms with E-state index in [0.717, 1.165) is 17.7 Å². The molecule has 0 aromatic heterocycles. The molecule has 2 aromatic carbocycles. The Kier molecular flexibility index (Phi) is 3.89. The van der Waals surface area contributed by atoms with E-state index in [0.29, 0.717) is 18.7 Å². The van der Waals surface area contributed by atoms with Crippen LogP contribution in [0.2, 0.25) is 0 Å². The highest BCUT2D eigenvalue weighted by atomic mass is 19.2. The van der Waals surface area contributed by atoms with Crippen LogP contribution in [0.3, 0.4) is 0 Å². The maximum absolute atomic E-state index is 13.1. The molecule has 4 heteroatoms. The van der Waals surface area contributed by atoms with E-state index in [2.05, 4.69) is 0 Å². The standard InChI is InChI=1S/C14H13F2NO/c15-12-6-5-11(9-13(12)16)18-14-4-2-1-3-10(14)7-8-17/h1-6,9H,7-8,17H2. The third-order valence-corrected chi connectivity index (χ3v) is 2.51. The first kappa shape index (κ1) is 12.5. The van der Waals surface area contributed by atoms with E-state index in [4.69, 9.17) is 10.5 Å². The number of halogens is 2. The molecule has 0 radical (unpaired) electrons. The lowest BCUT2D eigenvalue weighted by atomic mass is 10.1. The average molecular weight is 249 g/mol. The highest BCUT2D eigenvalue weighted by Crippen LogP contribution is 2.26. The fourth-order valence-electron chi connectivity index (χ4n) is 1.63. The van der Waals surface area contributed by atoms with Crippen LogP contribution in [0.5, 0.6) is 11.5 Å². The van der Waals surface area contributed by atoms with E-state index in [-0.39, 0.29) is 5.75 Å². The van der Waals surface area contributed by atoms with Crippen LogP contribution in [-0.2, 0) is 6.42 Å². The van der Waals surface area contributed by atoms with Gasteiger partial charge in [0.05, 0.1) is 0 Å². The van der Waals surface area contributed by atoms with Gasteiger partial charge in [0, 0.05) is 6.07 Å². The summed E-state index contributed by atoms with van der Waals surface area (Å²) in [6.45, 7) is 0.498. The van der Waals surface area contributed by atoms with Crippen molar-refractivity contribution in [2.45, 2.75) is 6.42 Å². The van der Waals surface area contributed by atoms with Crippen LogP contribution >= 0.6 is 0 Å². The van der Waals surface area contributed by atoms with Gasteiger partial charge in [0.15, 0.2) is 11.6 Å². The molecule has 2 nitrogen and oxygen atoms in total. The molecule has 18 heavy (non-hydrogen) atoms. The van der Waals surface area contributed by atoms with E-state index in [9.17, 15) is 8.78 Å². The van der Waals surface area contributed by atoms with Crippen molar-refractivity contribution in [3.8, 4) is 11.5 Å². The van der Waals surface area contributed by atoms with E-state index in [1.54, 1.807) is 6.07 Å². The summed E-state index contributed by atoms with van der Waals surface area (Å²) in [5.74, 6) is -0.950.